The van der Waals surface area contributed by atoms with Crippen LogP contribution < -0.4 is 0 Å². The van der Waals surface area contributed by atoms with Gasteiger partial charge in [0.2, 0.25) is 0 Å². The van der Waals surface area contributed by atoms with Crippen LogP contribution in [-0.2, 0) is 6.18 Å². The van der Waals surface area contributed by atoms with E-state index in [0.717, 1.165) is 12.3 Å². The minimum Gasteiger partial charge on any atom is -0.276 e. The topological polar surface area (TPSA) is 30.0 Å². The Morgan fingerprint density at radius 2 is 1.93 bits per heavy atom. The Balaban J connectivity index is 0.00000169. The molecule has 0 atom stereocenters. The van der Waals surface area contributed by atoms with E-state index >= 15 is 0 Å². The fourth-order valence-corrected chi connectivity index (χ4v) is 0.790. The lowest BCUT2D eigenvalue weighted by Gasteiger charge is -2.04. The van der Waals surface area contributed by atoms with Gasteiger partial charge in [-0.1, -0.05) is 0 Å². The van der Waals surface area contributed by atoms with Crippen LogP contribution >= 0.6 is 24.0 Å². The smallest absolute Gasteiger partial charge is 0.276 e. The minimum atomic E-state index is -4.49. The Kier molecular flexibility index (Phi) is 4.35. The van der Waals surface area contributed by atoms with E-state index < -0.39 is 17.1 Å². The van der Waals surface area contributed by atoms with Crippen molar-refractivity contribution in [2.24, 2.45) is 0 Å². The van der Waals surface area contributed by atoms with E-state index in [1.165, 1.54) is 0 Å². The van der Waals surface area contributed by atoms with Crippen molar-refractivity contribution >= 4 is 29.3 Å². The highest BCUT2D eigenvalue weighted by molar-refractivity contribution is 6.67. The number of nitrogens with zero attached hydrogens (tertiary/aromatic N) is 1. The molecule has 0 amide bonds. The van der Waals surface area contributed by atoms with Gasteiger partial charge < -0.3 is 0 Å². The highest BCUT2D eigenvalue weighted by Gasteiger charge is 2.32. The molecule has 0 saturated heterocycles. The summed E-state index contributed by atoms with van der Waals surface area (Å²) in [6.45, 7) is 0. The van der Waals surface area contributed by atoms with Crippen LogP contribution in [0.4, 0.5) is 13.2 Å². The zero-order valence-electron chi connectivity index (χ0n) is 6.51. The minimum absolute atomic E-state index is 0. The van der Waals surface area contributed by atoms with E-state index in [9.17, 15) is 18.0 Å². The number of carbonyl (C=O) groups is 1. The van der Waals surface area contributed by atoms with Crippen LogP contribution in [0.5, 0.6) is 0 Å². The van der Waals surface area contributed by atoms with E-state index in [2.05, 4.69) is 4.98 Å². The number of aromatic nitrogens is 1. The molecule has 14 heavy (non-hydrogen) atoms. The molecule has 0 spiro atoms. The lowest BCUT2D eigenvalue weighted by molar-refractivity contribution is -0.141. The number of pyridine rings is 1. The molecule has 0 aliphatic heterocycles. The van der Waals surface area contributed by atoms with Crippen molar-refractivity contribution in [1.82, 2.24) is 4.98 Å². The van der Waals surface area contributed by atoms with Crippen molar-refractivity contribution in [1.29, 1.82) is 0 Å². The molecule has 0 aliphatic carbocycles. The molecule has 7 heteroatoms. The Bertz CT molecular complexity index is 323. The highest BCUT2D eigenvalue weighted by Crippen LogP contribution is 2.27. The molecular weight excluding hydrogens is 242 g/mol. The van der Waals surface area contributed by atoms with Crippen LogP contribution in [0.15, 0.2) is 18.3 Å². The van der Waals surface area contributed by atoms with E-state index in [1.54, 1.807) is 0 Å². The van der Waals surface area contributed by atoms with Gasteiger partial charge in [0.25, 0.3) is 5.24 Å². The SMILES string of the molecule is Cl.O=C(Cl)c1ccc(C(F)(F)F)nc1. The molecule has 1 aromatic rings. The maximum absolute atomic E-state index is 11.9. The van der Waals surface area contributed by atoms with Gasteiger partial charge in [-0.15, -0.1) is 12.4 Å². The largest absolute Gasteiger partial charge is 0.433 e. The summed E-state index contributed by atoms with van der Waals surface area (Å²) in [5.41, 5.74) is -1.11. The first kappa shape index (κ1) is 13.2. The molecule has 0 fully saturated rings. The van der Waals surface area contributed by atoms with Crippen molar-refractivity contribution in [3.8, 4) is 0 Å². The van der Waals surface area contributed by atoms with Gasteiger partial charge in [0.15, 0.2) is 0 Å². The Labute approximate surface area is 88.5 Å². The van der Waals surface area contributed by atoms with E-state index in [4.69, 9.17) is 11.6 Å². The predicted molar refractivity (Wildman–Crippen MR) is 46.7 cm³/mol. The summed E-state index contributed by atoms with van der Waals surface area (Å²) in [6, 6.07) is 1.68. The maximum Gasteiger partial charge on any atom is 0.433 e. The molecule has 1 heterocycles. The van der Waals surface area contributed by atoms with E-state index in [-0.39, 0.29) is 18.0 Å². The summed E-state index contributed by atoms with van der Waals surface area (Å²) in [5, 5.41) is -0.832. The molecule has 0 aromatic carbocycles. The van der Waals surface area contributed by atoms with E-state index in [0.29, 0.717) is 6.07 Å². The number of rotatable bonds is 1. The van der Waals surface area contributed by atoms with Gasteiger partial charge in [-0.05, 0) is 23.7 Å². The van der Waals surface area contributed by atoms with Crippen molar-refractivity contribution < 1.29 is 18.0 Å². The third-order valence-corrected chi connectivity index (χ3v) is 1.50. The summed E-state index contributed by atoms with van der Waals surface area (Å²) in [6.07, 6.45) is -3.70. The zero-order chi connectivity index (χ0) is 10.1. The molecule has 0 aliphatic rings. The summed E-state index contributed by atoms with van der Waals surface area (Å²) in [7, 11) is 0. The second kappa shape index (κ2) is 4.61. The fraction of sp³-hybridized carbons (Fsp3) is 0.143. The first-order valence-electron chi connectivity index (χ1n) is 3.14. The van der Waals surface area contributed by atoms with Gasteiger partial charge in [-0.25, -0.2) is 0 Å². The van der Waals surface area contributed by atoms with Crippen LogP contribution in [0.25, 0.3) is 0 Å². The number of hydrogen-bond donors (Lipinski definition) is 0. The third-order valence-electron chi connectivity index (χ3n) is 1.28. The molecule has 0 bridgehead atoms. The average molecular weight is 246 g/mol. The molecule has 1 rings (SSSR count). The van der Waals surface area contributed by atoms with Gasteiger partial charge in [0.1, 0.15) is 5.69 Å². The van der Waals surface area contributed by atoms with Crippen LogP contribution in [0.1, 0.15) is 16.1 Å². The Morgan fingerprint density at radius 3 is 2.21 bits per heavy atom. The molecule has 0 N–H and O–H groups in total. The zero-order valence-corrected chi connectivity index (χ0v) is 8.08. The normalized spacial score (nSPS) is 10.6. The van der Waals surface area contributed by atoms with Crippen molar-refractivity contribution in [2.45, 2.75) is 6.18 Å². The van der Waals surface area contributed by atoms with Crippen LogP contribution in [-0.4, -0.2) is 10.2 Å². The fourth-order valence-electron chi connectivity index (χ4n) is 0.678. The molecule has 2 nitrogen and oxygen atoms in total. The van der Waals surface area contributed by atoms with Crippen molar-refractivity contribution in [3.63, 3.8) is 0 Å². The second-order valence-electron chi connectivity index (χ2n) is 2.20. The van der Waals surface area contributed by atoms with Gasteiger partial charge in [0.05, 0.1) is 5.56 Å². The monoisotopic (exact) mass is 245 g/mol. The summed E-state index contributed by atoms with van der Waals surface area (Å²) >= 11 is 5.01. The number of alkyl halides is 3. The third kappa shape index (κ3) is 3.16. The highest BCUT2D eigenvalue weighted by atomic mass is 35.5. The van der Waals surface area contributed by atoms with Gasteiger partial charge in [-0.3, -0.25) is 9.78 Å². The van der Waals surface area contributed by atoms with Gasteiger partial charge in [-0.2, -0.15) is 13.2 Å². The Morgan fingerprint density at radius 1 is 1.36 bits per heavy atom. The Hall–Kier alpha value is -0.810. The summed E-state index contributed by atoms with van der Waals surface area (Å²) in [5.74, 6) is 0. The lowest BCUT2D eigenvalue weighted by atomic mass is 10.2. The first-order valence-corrected chi connectivity index (χ1v) is 3.52. The standard InChI is InChI=1S/C7H3ClF3NO.ClH/c8-6(13)4-1-2-5(12-3-4)7(9,10)11;/h1-3H;1H. The van der Waals surface area contributed by atoms with Crippen molar-refractivity contribution in [3.05, 3.63) is 29.6 Å². The van der Waals surface area contributed by atoms with Gasteiger partial charge >= 0.3 is 6.18 Å². The summed E-state index contributed by atoms with van der Waals surface area (Å²) in [4.78, 5) is 13.5. The van der Waals surface area contributed by atoms with E-state index in [1.807, 2.05) is 0 Å². The quantitative estimate of drug-likeness (QED) is 0.713. The van der Waals surface area contributed by atoms with Gasteiger partial charge in [0, 0.05) is 6.20 Å². The predicted octanol–water partition coefficient (Wildman–Crippen LogP) is 2.90. The maximum atomic E-state index is 11.9. The molecule has 1 aromatic heterocycles. The lowest BCUT2D eigenvalue weighted by Crippen LogP contribution is -2.08. The number of carbonyl (C=O) groups excluding carboxylic acids is 1. The first-order chi connectivity index (χ1) is 5.91. The molecule has 0 unspecified atom stereocenters. The molecule has 0 saturated carbocycles. The summed E-state index contributed by atoms with van der Waals surface area (Å²) < 4.78 is 35.8. The molecule has 0 radical (unpaired) electrons. The molecular formula is C7H4Cl2F3NO. The number of halogens is 5. The van der Waals surface area contributed by atoms with Crippen LogP contribution in [0.3, 0.4) is 0 Å². The second-order valence-corrected chi connectivity index (χ2v) is 2.55. The average Bonchev–Trinajstić information content (AvgIpc) is 2.03. The van der Waals surface area contributed by atoms with Crippen LogP contribution in [0.2, 0.25) is 0 Å². The van der Waals surface area contributed by atoms with Crippen LogP contribution in [0, 0.1) is 0 Å². The van der Waals surface area contributed by atoms with Crippen molar-refractivity contribution in [2.75, 3.05) is 0 Å². The number of hydrogen-bond acceptors (Lipinski definition) is 2. The molecule has 78 valence electrons.